The predicted molar refractivity (Wildman–Crippen MR) is 74.3 cm³/mol. The van der Waals surface area contributed by atoms with Crippen LogP contribution in [0.15, 0.2) is 18.2 Å². The fourth-order valence-electron chi connectivity index (χ4n) is 1.90. The Morgan fingerprint density at radius 1 is 1.33 bits per heavy atom. The first kappa shape index (κ1) is 15.3. The number of carboxylic acid groups (broad SMARTS) is 1. The zero-order valence-electron chi connectivity index (χ0n) is 10.5. The molecule has 1 atom stereocenters. The Morgan fingerprint density at radius 3 is 2.44 bits per heavy atom. The van der Waals surface area contributed by atoms with Crippen LogP contribution in [-0.2, 0) is 11.3 Å². The molecule has 5 heteroatoms. The van der Waals surface area contributed by atoms with Gasteiger partial charge in [-0.25, -0.2) is 0 Å². The molecular formula is C13H17Cl2NO2. The fraction of sp³-hybridized carbons (Fsp3) is 0.462. The topological polar surface area (TPSA) is 40.5 Å². The van der Waals surface area contributed by atoms with Gasteiger partial charge in [-0.2, -0.15) is 0 Å². The highest BCUT2D eigenvalue weighted by molar-refractivity contribution is 6.42. The molecule has 1 N–H and O–H groups in total. The van der Waals surface area contributed by atoms with Gasteiger partial charge >= 0.3 is 5.97 Å². The first-order valence-corrected chi connectivity index (χ1v) is 6.66. The van der Waals surface area contributed by atoms with Crippen molar-refractivity contribution in [1.82, 2.24) is 4.90 Å². The second-order valence-corrected chi connectivity index (χ2v) is 4.89. The maximum Gasteiger partial charge on any atom is 0.320 e. The minimum absolute atomic E-state index is 0.468. The number of rotatable bonds is 6. The summed E-state index contributed by atoms with van der Waals surface area (Å²) < 4.78 is 0. The molecule has 1 aromatic carbocycles. The summed E-state index contributed by atoms with van der Waals surface area (Å²) in [7, 11) is 0. The largest absolute Gasteiger partial charge is 0.480 e. The van der Waals surface area contributed by atoms with E-state index in [0.717, 1.165) is 5.56 Å². The lowest BCUT2D eigenvalue weighted by Crippen LogP contribution is -2.40. The normalized spacial score (nSPS) is 12.7. The van der Waals surface area contributed by atoms with Crippen molar-refractivity contribution >= 4 is 29.2 Å². The van der Waals surface area contributed by atoms with E-state index < -0.39 is 12.0 Å². The van der Waals surface area contributed by atoms with Crippen LogP contribution >= 0.6 is 23.2 Å². The van der Waals surface area contributed by atoms with Gasteiger partial charge in [-0.3, -0.25) is 9.69 Å². The molecule has 0 saturated heterocycles. The van der Waals surface area contributed by atoms with E-state index >= 15 is 0 Å². The molecule has 0 fully saturated rings. The SMILES string of the molecule is CC[C@@H](C(=O)O)N(CC)Cc1ccc(Cl)c(Cl)c1. The van der Waals surface area contributed by atoms with Gasteiger partial charge in [0.25, 0.3) is 0 Å². The number of likely N-dealkylation sites (N-methyl/N-ethyl adjacent to an activating group) is 1. The van der Waals surface area contributed by atoms with Crippen molar-refractivity contribution in [2.45, 2.75) is 32.9 Å². The van der Waals surface area contributed by atoms with E-state index in [1.165, 1.54) is 0 Å². The predicted octanol–water partition coefficient (Wildman–Crippen LogP) is 3.68. The fourth-order valence-corrected chi connectivity index (χ4v) is 2.22. The summed E-state index contributed by atoms with van der Waals surface area (Å²) >= 11 is 11.8. The lowest BCUT2D eigenvalue weighted by atomic mass is 10.1. The third kappa shape index (κ3) is 3.87. The maximum atomic E-state index is 11.2. The van der Waals surface area contributed by atoms with Crippen LogP contribution in [0.4, 0.5) is 0 Å². The Morgan fingerprint density at radius 2 is 2.00 bits per heavy atom. The standard InChI is InChI=1S/C13H17Cl2NO2/c1-3-12(13(17)18)16(4-2)8-9-5-6-10(14)11(15)7-9/h5-7,12H,3-4,8H2,1-2H3,(H,17,18)/t12-/m0/s1. The molecule has 0 unspecified atom stereocenters. The molecule has 1 rings (SSSR count). The van der Waals surface area contributed by atoms with Crippen molar-refractivity contribution in [1.29, 1.82) is 0 Å². The minimum Gasteiger partial charge on any atom is -0.480 e. The number of hydrogen-bond donors (Lipinski definition) is 1. The molecule has 100 valence electrons. The monoisotopic (exact) mass is 289 g/mol. The summed E-state index contributed by atoms with van der Waals surface area (Å²) in [6, 6.07) is 4.91. The second kappa shape index (κ2) is 6.98. The minimum atomic E-state index is -0.792. The first-order valence-electron chi connectivity index (χ1n) is 5.90. The molecule has 0 amide bonds. The Kier molecular flexibility index (Phi) is 5.93. The van der Waals surface area contributed by atoms with Crippen LogP contribution in [0.3, 0.4) is 0 Å². The van der Waals surface area contributed by atoms with Gasteiger partial charge in [0.05, 0.1) is 10.0 Å². The van der Waals surface area contributed by atoms with E-state index in [-0.39, 0.29) is 0 Å². The van der Waals surface area contributed by atoms with Crippen molar-refractivity contribution in [2.75, 3.05) is 6.54 Å². The lowest BCUT2D eigenvalue weighted by Gasteiger charge is -2.26. The smallest absolute Gasteiger partial charge is 0.320 e. The summed E-state index contributed by atoms with van der Waals surface area (Å²) in [6.45, 7) is 5.04. The number of aliphatic carboxylic acids is 1. The average molecular weight is 290 g/mol. The van der Waals surface area contributed by atoms with Crippen molar-refractivity contribution in [2.24, 2.45) is 0 Å². The second-order valence-electron chi connectivity index (χ2n) is 4.07. The van der Waals surface area contributed by atoms with E-state index in [2.05, 4.69) is 0 Å². The summed E-state index contributed by atoms with van der Waals surface area (Å²) in [5.41, 5.74) is 0.964. The molecule has 0 aliphatic rings. The molecule has 1 aromatic rings. The Hall–Kier alpha value is -0.770. The summed E-state index contributed by atoms with van der Waals surface area (Å²) in [6.07, 6.45) is 0.574. The average Bonchev–Trinajstić information content (AvgIpc) is 2.33. The number of carbonyl (C=O) groups is 1. The molecule has 0 aliphatic carbocycles. The first-order chi connectivity index (χ1) is 8.49. The van der Waals surface area contributed by atoms with Gasteiger partial charge in [0.15, 0.2) is 0 Å². The Balaban J connectivity index is 2.84. The van der Waals surface area contributed by atoms with E-state index in [1.807, 2.05) is 24.8 Å². The van der Waals surface area contributed by atoms with Crippen molar-refractivity contribution in [3.63, 3.8) is 0 Å². The Bertz CT molecular complexity index is 423. The molecule has 18 heavy (non-hydrogen) atoms. The van der Waals surface area contributed by atoms with Gasteiger partial charge in [0, 0.05) is 6.54 Å². The van der Waals surface area contributed by atoms with Crippen molar-refractivity contribution in [3.05, 3.63) is 33.8 Å². The van der Waals surface area contributed by atoms with Gasteiger partial charge < -0.3 is 5.11 Å². The molecule has 0 bridgehead atoms. The third-order valence-corrected chi connectivity index (χ3v) is 3.63. The number of benzene rings is 1. The molecule has 0 radical (unpaired) electrons. The molecule has 0 saturated carbocycles. The van der Waals surface area contributed by atoms with E-state index in [0.29, 0.717) is 29.6 Å². The van der Waals surface area contributed by atoms with Crippen LogP contribution in [0, 0.1) is 0 Å². The van der Waals surface area contributed by atoms with Crippen molar-refractivity contribution in [3.8, 4) is 0 Å². The molecule has 0 aromatic heterocycles. The van der Waals surface area contributed by atoms with Crippen LogP contribution in [0.1, 0.15) is 25.8 Å². The number of carboxylic acids is 1. The van der Waals surface area contributed by atoms with Gasteiger partial charge in [-0.15, -0.1) is 0 Å². The van der Waals surface area contributed by atoms with Crippen LogP contribution in [0.5, 0.6) is 0 Å². The van der Waals surface area contributed by atoms with Gasteiger partial charge in [-0.1, -0.05) is 43.1 Å². The molecule has 0 aliphatic heterocycles. The van der Waals surface area contributed by atoms with Crippen LogP contribution in [0.2, 0.25) is 10.0 Å². The molecular weight excluding hydrogens is 273 g/mol. The Labute approximate surface area is 117 Å². The zero-order valence-corrected chi connectivity index (χ0v) is 12.0. The highest BCUT2D eigenvalue weighted by Gasteiger charge is 2.22. The molecule has 3 nitrogen and oxygen atoms in total. The van der Waals surface area contributed by atoms with E-state index in [1.54, 1.807) is 12.1 Å². The highest BCUT2D eigenvalue weighted by Crippen LogP contribution is 2.23. The number of nitrogens with zero attached hydrogens (tertiary/aromatic N) is 1. The van der Waals surface area contributed by atoms with Crippen LogP contribution in [-0.4, -0.2) is 28.6 Å². The zero-order chi connectivity index (χ0) is 13.7. The third-order valence-electron chi connectivity index (χ3n) is 2.89. The van der Waals surface area contributed by atoms with Gasteiger partial charge in [0.2, 0.25) is 0 Å². The quantitative estimate of drug-likeness (QED) is 0.868. The lowest BCUT2D eigenvalue weighted by molar-refractivity contribution is -0.143. The van der Waals surface area contributed by atoms with Crippen molar-refractivity contribution < 1.29 is 9.90 Å². The summed E-state index contributed by atoms with van der Waals surface area (Å²) in [5, 5.41) is 10.2. The van der Waals surface area contributed by atoms with Gasteiger partial charge in [-0.05, 0) is 30.7 Å². The highest BCUT2D eigenvalue weighted by atomic mass is 35.5. The summed E-state index contributed by atoms with van der Waals surface area (Å²) in [4.78, 5) is 13.1. The number of hydrogen-bond acceptors (Lipinski definition) is 2. The van der Waals surface area contributed by atoms with E-state index in [9.17, 15) is 4.79 Å². The van der Waals surface area contributed by atoms with E-state index in [4.69, 9.17) is 28.3 Å². The number of halogens is 2. The van der Waals surface area contributed by atoms with Gasteiger partial charge in [0.1, 0.15) is 6.04 Å². The summed E-state index contributed by atoms with van der Waals surface area (Å²) in [5.74, 6) is -0.792. The molecule has 0 heterocycles. The molecule has 0 spiro atoms. The van der Waals surface area contributed by atoms with Crippen LogP contribution < -0.4 is 0 Å². The maximum absolute atomic E-state index is 11.2. The van der Waals surface area contributed by atoms with Crippen LogP contribution in [0.25, 0.3) is 0 Å².